The number of anilines is 1. The van der Waals surface area contributed by atoms with E-state index in [1.807, 2.05) is 0 Å². The number of hydrogen-bond donors (Lipinski definition) is 1. The van der Waals surface area contributed by atoms with E-state index in [1.165, 1.54) is 16.8 Å². The van der Waals surface area contributed by atoms with Crippen LogP contribution < -0.4 is 5.73 Å². The number of tetrazole rings is 1. The summed E-state index contributed by atoms with van der Waals surface area (Å²) < 4.78 is 14.7. The lowest BCUT2D eigenvalue weighted by Gasteiger charge is -2.06. The molecule has 0 aliphatic carbocycles. The van der Waals surface area contributed by atoms with E-state index in [1.54, 1.807) is 30.3 Å². The third-order valence-corrected chi connectivity index (χ3v) is 3.07. The maximum Gasteiger partial charge on any atom is 0.188 e. The summed E-state index contributed by atoms with van der Waals surface area (Å²) in [5.74, 6) is 0.0490. The zero-order valence-electron chi connectivity index (χ0n) is 10.2. The van der Waals surface area contributed by atoms with Gasteiger partial charge < -0.3 is 5.73 Å². The summed E-state index contributed by atoms with van der Waals surface area (Å²) in [5.41, 5.74) is 7.33. The maximum absolute atomic E-state index is 13.3. The van der Waals surface area contributed by atoms with Crippen LogP contribution in [0.2, 0.25) is 5.02 Å². The maximum atomic E-state index is 13.3. The topological polar surface area (TPSA) is 69.6 Å². The van der Waals surface area contributed by atoms with E-state index >= 15 is 0 Å². The fraction of sp³-hybridized carbons (Fsp3) is 0. The first-order chi connectivity index (χ1) is 9.65. The van der Waals surface area contributed by atoms with Gasteiger partial charge in [-0.05, 0) is 46.8 Å². The van der Waals surface area contributed by atoms with Crippen molar-refractivity contribution in [3.05, 3.63) is 53.3 Å². The second-order valence-corrected chi connectivity index (χ2v) is 4.54. The lowest BCUT2D eigenvalue weighted by atomic mass is 10.2. The number of hydrogen-bond acceptors (Lipinski definition) is 4. The summed E-state index contributed by atoms with van der Waals surface area (Å²) in [6, 6.07) is 11.0. The van der Waals surface area contributed by atoms with Crippen LogP contribution in [0.4, 0.5) is 10.1 Å². The molecule has 0 aliphatic heterocycles. The molecule has 0 aliphatic rings. The first kappa shape index (κ1) is 12.6. The smallest absolute Gasteiger partial charge is 0.188 e. The van der Waals surface area contributed by atoms with Gasteiger partial charge in [0, 0.05) is 11.3 Å². The normalized spacial score (nSPS) is 10.7. The molecule has 3 rings (SSSR count). The van der Waals surface area contributed by atoms with Crippen molar-refractivity contribution in [2.24, 2.45) is 0 Å². The molecule has 2 aromatic carbocycles. The van der Waals surface area contributed by atoms with Crippen LogP contribution in [0, 0.1) is 5.82 Å². The number of benzene rings is 2. The molecular formula is C13H9ClFN5. The number of rotatable bonds is 2. The lowest BCUT2D eigenvalue weighted by molar-refractivity contribution is 0.625. The molecule has 1 heterocycles. The van der Waals surface area contributed by atoms with Crippen molar-refractivity contribution in [2.75, 3.05) is 5.73 Å². The van der Waals surface area contributed by atoms with E-state index in [0.29, 0.717) is 27.8 Å². The van der Waals surface area contributed by atoms with E-state index in [0.717, 1.165) is 0 Å². The van der Waals surface area contributed by atoms with Crippen LogP contribution in [0.15, 0.2) is 42.5 Å². The average Bonchev–Trinajstić information content (AvgIpc) is 2.87. The summed E-state index contributed by atoms with van der Waals surface area (Å²) in [5, 5.41) is 11.9. The van der Waals surface area contributed by atoms with Crippen LogP contribution in [0.1, 0.15) is 0 Å². The van der Waals surface area contributed by atoms with Crippen LogP contribution in [0.25, 0.3) is 17.1 Å². The molecule has 1 aromatic heterocycles. The van der Waals surface area contributed by atoms with Gasteiger partial charge in [0.05, 0.1) is 10.7 Å². The van der Waals surface area contributed by atoms with E-state index < -0.39 is 0 Å². The molecule has 5 nitrogen and oxygen atoms in total. The molecule has 0 saturated carbocycles. The van der Waals surface area contributed by atoms with Crippen molar-refractivity contribution in [3.63, 3.8) is 0 Å². The van der Waals surface area contributed by atoms with Crippen molar-refractivity contribution in [3.8, 4) is 17.1 Å². The van der Waals surface area contributed by atoms with Crippen molar-refractivity contribution >= 4 is 17.3 Å². The SMILES string of the molecule is Nc1ccc(-c2nnnn2-c2cccc(F)c2)c(Cl)c1. The van der Waals surface area contributed by atoms with Gasteiger partial charge in [-0.15, -0.1) is 5.10 Å². The minimum atomic E-state index is -0.368. The Kier molecular flexibility index (Phi) is 3.08. The van der Waals surface area contributed by atoms with Crippen molar-refractivity contribution in [2.45, 2.75) is 0 Å². The first-order valence-electron chi connectivity index (χ1n) is 5.75. The summed E-state index contributed by atoms with van der Waals surface area (Å²) in [7, 11) is 0. The van der Waals surface area contributed by atoms with Gasteiger partial charge in [0.1, 0.15) is 5.82 Å². The predicted octanol–water partition coefficient (Wildman–Crippen LogP) is 2.70. The van der Waals surface area contributed by atoms with Gasteiger partial charge in [0.25, 0.3) is 0 Å². The number of halogens is 2. The molecule has 3 aromatic rings. The summed E-state index contributed by atoms with van der Waals surface area (Å²) in [6.45, 7) is 0. The van der Waals surface area contributed by atoms with Crippen LogP contribution in [0.3, 0.4) is 0 Å². The molecule has 0 saturated heterocycles. The second-order valence-electron chi connectivity index (χ2n) is 4.13. The van der Waals surface area contributed by atoms with Crippen molar-refractivity contribution in [1.82, 2.24) is 20.2 Å². The standard InChI is InChI=1S/C13H9ClFN5/c14-12-7-9(16)4-5-11(12)13-17-18-19-20(13)10-3-1-2-8(15)6-10/h1-7H,16H2. The molecule has 100 valence electrons. The number of nitrogens with zero attached hydrogens (tertiary/aromatic N) is 4. The van der Waals surface area contributed by atoms with E-state index in [4.69, 9.17) is 17.3 Å². The predicted molar refractivity (Wildman–Crippen MR) is 74.0 cm³/mol. The molecule has 0 bridgehead atoms. The van der Waals surface area contributed by atoms with Gasteiger partial charge in [0.2, 0.25) is 0 Å². The summed E-state index contributed by atoms with van der Waals surface area (Å²) >= 11 is 6.15. The average molecular weight is 290 g/mol. The Morgan fingerprint density at radius 2 is 2.00 bits per heavy atom. The van der Waals surface area contributed by atoms with Crippen LogP contribution in [-0.4, -0.2) is 20.2 Å². The highest BCUT2D eigenvalue weighted by Gasteiger charge is 2.14. The van der Waals surface area contributed by atoms with Crippen LogP contribution in [-0.2, 0) is 0 Å². The number of nitrogens with two attached hydrogens (primary N) is 1. The molecule has 0 radical (unpaired) electrons. The Bertz CT molecular complexity index is 771. The van der Waals surface area contributed by atoms with E-state index in [9.17, 15) is 4.39 Å². The van der Waals surface area contributed by atoms with E-state index in [-0.39, 0.29) is 5.82 Å². The van der Waals surface area contributed by atoms with Gasteiger partial charge in [-0.1, -0.05) is 17.7 Å². The summed E-state index contributed by atoms with van der Waals surface area (Å²) in [6.07, 6.45) is 0. The Morgan fingerprint density at radius 3 is 2.75 bits per heavy atom. The molecule has 0 unspecified atom stereocenters. The molecule has 0 spiro atoms. The second kappa shape index (κ2) is 4.90. The van der Waals surface area contributed by atoms with Crippen LogP contribution in [0.5, 0.6) is 0 Å². The lowest BCUT2D eigenvalue weighted by Crippen LogP contribution is -2.00. The third-order valence-electron chi connectivity index (χ3n) is 2.76. The zero-order chi connectivity index (χ0) is 14.1. The highest BCUT2D eigenvalue weighted by Crippen LogP contribution is 2.28. The molecule has 2 N–H and O–H groups in total. The molecule has 20 heavy (non-hydrogen) atoms. The zero-order valence-corrected chi connectivity index (χ0v) is 10.9. The first-order valence-corrected chi connectivity index (χ1v) is 6.12. The van der Waals surface area contributed by atoms with Gasteiger partial charge in [-0.2, -0.15) is 4.68 Å². The molecule has 0 amide bonds. The van der Waals surface area contributed by atoms with E-state index in [2.05, 4.69) is 15.5 Å². The highest BCUT2D eigenvalue weighted by molar-refractivity contribution is 6.33. The Morgan fingerprint density at radius 1 is 1.15 bits per heavy atom. The molecule has 7 heteroatoms. The number of nitrogen functional groups attached to an aromatic ring is 1. The fourth-order valence-electron chi connectivity index (χ4n) is 1.85. The van der Waals surface area contributed by atoms with Gasteiger partial charge in [0.15, 0.2) is 5.82 Å². The monoisotopic (exact) mass is 289 g/mol. The largest absolute Gasteiger partial charge is 0.399 e. The third kappa shape index (κ3) is 2.21. The highest BCUT2D eigenvalue weighted by atomic mass is 35.5. The quantitative estimate of drug-likeness (QED) is 0.736. The minimum Gasteiger partial charge on any atom is -0.399 e. The molecule has 0 fully saturated rings. The van der Waals surface area contributed by atoms with Gasteiger partial charge >= 0.3 is 0 Å². The van der Waals surface area contributed by atoms with Gasteiger partial charge in [-0.3, -0.25) is 0 Å². The Balaban J connectivity index is 2.15. The van der Waals surface area contributed by atoms with Gasteiger partial charge in [-0.25, -0.2) is 4.39 Å². The molecule has 0 atom stereocenters. The summed E-state index contributed by atoms with van der Waals surface area (Å²) in [4.78, 5) is 0. The number of aromatic nitrogens is 4. The molecular weight excluding hydrogens is 281 g/mol. The fourth-order valence-corrected chi connectivity index (χ4v) is 2.12. The Labute approximate surface area is 118 Å². The minimum absolute atomic E-state index is 0.368. The van der Waals surface area contributed by atoms with Crippen molar-refractivity contribution < 1.29 is 4.39 Å². The van der Waals surface area contributed by atoms with Crippen LogP contribution >= 0.6 is 11.6 Å². The Hall–Kier alpha value is -2.47. The van der Waals surface area contributed by atoms with Crippen molar-refractivity contribution in [1.29, 1.82) is 0 Å².